The molecule has 136 valence electrons. The molecule has 1 atom stereocenters. The standard InChI is InChI=1S/C9H7F2NOS.C8H5F2NO/c1-14-8-5-2-4(10)3-6(11)7(5)12-9(8)13;9-5-1-4-2-7(12)11-8(4)6(10)3-5/h2-3,8H,1H3,(H,12,13);1,3H,2H2,(H,11,12). The Kier molecular flexibility index (Phi) is 4.90. The van der Waals surface area contributed by atoms with Crippen LogP contribution in [0.25, 0.3) is 0 Å². The Hall–Kier alpha value is -2.55. The van der Waals surface area contributed by atoms with E-state index >= 15 is 0 Å². The van der Waals surface area contributed by atoms with Gasteiger partial charge < -0.3 is 10.6 Å². The molecular formula is C17H12F4N2O2S. The summed E-state index contributed by atoms with van der Waals surface area (Å²) in [6, 6.07) is 3.88. The van der Waals surface area contributed by atoms with Crippen molar-refractivity contribution in [3.8, 4) is 0 Å². The number of carbonyl (C=O) groups excluding carboxylic acids is 2. The van der Waals surface area contributed by atoms with Gasteiger partial charge in [-0.25, -0.2) is 17.6 Å². The molecule has 0 saturated heterocycles. The second kappa shape index (κ2) is 6.99. The van der Waals surface area contributed by atoms with E-state index in [2.05, 4.69) is 10.6 Å². The van der Waals surface area contributed by atoms with Gasteiger partial charge in [-0.1, -0.05) is 0 Å². The molecule has 2 aliphatic heterocycles. The lowest BCUT2D eigenvalue weighted by Gasteiger charge is -2.04. The first-order valence-corrected chi connectivity index (χ1v) is 8.69. The minimum absolute atomic E-state index is 0.0595. The van der Waals surface area contributed by atoms with Crippen LogP contribution >= 0.6 is 11.8 Å². The zero-order valence-corrected chi connectivity index (χ0v) is 14.1. The van der Waals surface area contributed by atoms with Crippen LogP contribution in [0.2, 0.25) is 0 Å². The summed E-state index contributed by atoms with van der Waals surface area (Å²) in [4.78, 5) is 22.1. The summed E-state index contributed by atoms with van der Waals surface area (Å²) < 4.78 is 51.5. The third-order valence-electron chi connectivity index (χ3n) is 3.84. The fourth-order valence-electron chi connectivity index (χ4n) is 2.76. The lowest BCUT2D eigenvalue weighted by atomic mass is 10.1. The molecule has 0 spiro atoms. The van der Waals surface area contributed by atoms with Crippen molar-refractivity contribution >= 4 is 35.0 Å². The number of anilines is 2. The van der Waals surface area contributed by atoms with Crippen LogP contribution in [0.3, 0.4) is 0 Å². The number of hydrogen-bond donors (Lipinski definition) is 2. The maximum atomic E-state index is 13.2. The van der Waals surface area contributed by atoms with Gasteiger partial charge in [-0.15, -0.1) is 11.8 Å². The Morgan fingerprint density at radius 2 is 1.54 bits per heavy atom. The van der Waals surface area contributed by atoms with Crippen LogP contribution in [0.5, 0.6) is 0 Å². The van der Waals surface area contributed by atoms with Crippen molar-refractivity contribution in [2.24, 2.45) is 0 Å². The molecule has 0 saturated carbocycles. The topological polar surface area (TPSA) is 58.2 Å². The monoisotopic (exact) mass is 384 g/mol. The normalized spacial score (nSPS) is 17.0. The van der Waals surface area contributed by atoms with E-state index in [0.717, 1.165) is 18.2 Å². The number of carbonyl (C=O) groups is 2. The van der Waals surface area contributed by atoms with Gasteiger partial charge in [-0.3, -0.25) is 9.59 Å². The van der Waals surface area contributed by atoms with Gasteiger partial charge in [0.1, 0.15) is 28.5 Å². The molecule has 4 nitrogen and oxygen atoms in total. The van der Waals surface area contributed by atoms with Crippen molar-refractivity contribution < 1.29 is 27.2 Å². The third kappa shape index (κ3) is 3.39. The van der Waals surface area contributed by atoms with Gasteiger partial charge in [0.2, 0.25) is 11.8 Å². The Labute approximate surface area is 150 Å². The van der Waals surface area contributed by atoms with Crippen LogP contribution in [0, 0.1) is 23.3 Å². The SMILES string of the molecule is CSC1C(=O)Nc2c(F)cc(F)cc21.O=C1Cc2cc(F)cc(F)c2N1. The van der Waals surface area contributed by atoms with E-state index in [1.54, 1.807) is 6.26 Å². The third-order valence-corrected chi connectivity index (χ3v) is 4.78. The molecule has 9 heteroatoms. The Morgan fingerprint density at radius 1 is 0.923 bits per heavy atom. The van der Waals surface area contributed by atoms with E-state index in [4.69, 9.17) is 0 Å². The Morgan fingerprint density at radius 3 is 2.19 bits per heavy atom. The number of hydrogen-bond acceptors (Lipinski definition) is 3. The molecule has 0 aromatic heterocycles. The van der Waals surface area contributed by atoms with Crippen molar-refractivity contribution in [1.82, 2.24) is 0 Å². The molecule has 0 aliphatic carbocycles. The van der Waals surface area contributed by atoms with Crippen molar-refractivity contribution in [1.29, 1.82) is 0 Å². The average Bonchev–Trinajstić information content (AvgIpc) is 3.07. The van der Waals surface area contributed by atoms with Gasteiger partial charge in [0.25, 0.3) is 0 Å². The molecular weight excluding hydrogens is 372 g/mol. The number of rotatable bonds is 1. The highest BCUT2D eigenvalue weighted by molar-refractivity contribution is 7.99. The molecule has 26 heavy (non-hydrogen) atoms. The Balaban J connectivity index is 0.000000152. The molecule has 0 bridgehead atoms. The molecule has 2 aromatic carbocycles. The van der Waals surface area contributed by atoms with Crippen molar-refractivity contribution in [3.05, 3.63) is 58.7 Å². The molecule has 0 fully saturated rings. The summed E-state index contributed by atoms with van der Waals surface area (Å²) >= 11 is 1.26. The summed E-state index contributed by atoms with van der Waals surface area (Å²) in [5.74, 6) is -3.33. The van der Waals surface area contributed by atoms with Crippen molar-refractivity contribution in [3.63, 3.8) is 0 Å². The number of thioether (sulfide) groups is 1. The first kappa shape index (κ1) is 18.2. The lowest BCUT2D eigenvalue weighted by Crippen LogP contribution is -2.08. The molecule has 2 heterocycles. The number of amides is 2. The fraction of sp³-hybridized carbons (Fsp3) is 0.176. The predicted molar refractivity (Wildman–Crippen MR) is 89.9 cm³/mol. The van der Waals surface area contributed by atoms with Gasteiger partial charge in [-0.05, 0) is 24.0 Å². The zero-order valence-electron chi connectivity index (χ0n) is 13.3. The maximum Gasteiger partial charge on any atom is 0.242 e. The van der Waals surface area contributed by atoms with E-state index in [9.17, 15) is 27.2 Å². The minimum Gasteiger partial charge on any atom is -0.323 e. The maximum absolute atomic E-state index is 13.2. The van der Waals surface area contributed by atoms with Crippen LogP contribution in [-0.4, -0.2) is 18.1 Å². The molecule has 4 rings (SSSR count). The highest BCUT2D eigenvalue weighted by Crippen LogP contribution is 2.40. The number of benzene rings is 2. The summed E-state index contributed by atoms with van der Waals surface area (Å²) in [5, 5.41) is 4.20. The van der Waals surface area contributed by atoms with E-state index in [0.29, 0.717) is 11.1 Å². The number of halogens is 4. The minimum atomic E-state index is -0.718. The highest BCUT2D eigenvalue weighted by atomic mass is 32.2. The molecule has 2 aliphatic rings. The van der Waals surface area contributed by atoms with Gasteiger partial charge >= 0.3 is 0 Å². The molecule has 2 aromatic rings. The van der Waals surface area contributed by atoms with Gasteiger partial charge in [0, 0.05) is 17.7 Å². The van der Waals surface area contributed by atoms with E-state index in [-0.39, 0.29) is 29.6 Å². The van der Waals surface area contributed by atoms with Crippen LogP contribution in [0.15, 0.2) is 24.3 Å². The van der Waals surface area contributed by atoms with E-state index < -0.39 is 28.5 Å². The Bertz CT molecular complexity index is 920. The largest absolute Gasteiger partial charge is 0.323 e. The highest BCUT2D eigenvalue weighted by Gasteiger charge is 2.32. The number of nitrogens with one attached hydrogen (secondary N) is 2. The molecule has 2 N–H and O–H groups in total. The second-order valence-electron chi connectivity index (χ2n) is 5.60. The lowest BCUT2D eigenvalue weighted by molar-refractivity contribution is -0.116. The summed E-state index contributed by atoms with van der Waals surface area (Å²) in [6.45, 7) is 0. The summed E-state index contributed by atoms with van der Waals surface area (Å²) in [5.41, 5.74) is 0.995. The van der Waals surface area contributed by atoms with Crippen LogP contribution in [-0.2, 0) is 16.0 Å². The molecule has 1 unspecified atom stereocenters. The van der Waals surface area contributed by atoms with Crippen molar-refractivity contribution in [2.75, 3.05) is 16.9 Å². The predicted octanol–water partition coefficient (Wildman–Crippen LogP) is 3.78. The first-order chi connectivity index (χ1) is 12.3. The zero-order chi connectivity index (χ0) is 19.0. The van der Waals surface area contributed by atoms with Crippen molar-refractivity contribution in [2.45, 2.75) is 11.7 Å². The van der Waals surface area contributed by atoms with Crippen LogP contribution < -0.4 is 10.6 Å². The van der Waals surface area contributed by atoms with E-state index in [1.165, 1.54) is 17.8 Å². The van der Waals surface area contributed by atoms with Crippen LogP contribution in [0.4, 0.5) is 28.9 Å². The fourth-order valence-corrected chi connectivity index (χ4v) is 3.47. The van der Waals surface area contributed by atoms with Gasteiger partial charge in [0.15, 0.2) is 0 Å². The summed E-state index contributed by atoms with van der Waals surface area (Å²) in [7, 11) is 0. The molecule has 2 amide bonds. The van der Waals surface area contributed by atoms with Gasteiger partial charge in [0.05, 0.1) is 17.8 Å². The second-order valence-corrected chi connectivity index (χ2v) is 6.55. The quantitative estimate of drug-likeness (QED) is 0.736. The van der Waals surface area contributed by atoms with E-state index in [1.807, 2.05) is 0 Å². The van der Waals surface area contributed by atoms with Crippen LogP contribution in [0.1, 0.15) is 16.4 Å². The molecule has 0 radical (unpaired) electrons. The summed E-state index contributed by atoms with van der Waals surface area (Å²) in [6.07, 6.45) is 1.78. The number of fused-ring (bicyclic) bond motifs is 2. The average molecular weight is 384 g/mol. The first-order valence-electron chi connectivity index (χ1n) is 7.40. The smallest absolute Gasteiger partial charge is 0.242 e. The van der Waals surface area contributed by atoms with Gasteiger partial charge in [-0.2, -0.15) is 0 Å².